The van der Waals surface area contributed by atoms with E-state index in [2.05, 4.69) is 50.4 Å². The van der Waals surface area contributed by atoms with Crippen LogP contribution >= 0.6 is 0 Å². The smallest absolute Gasteiger partial charge is 0.311 e. The van der Waals surface area contributed by atoms with Gasteiger partial charge in [0.1, 0.15) is 11.7 Å². The highest BCUT2D eigenvalue weighted by Crippen LogP contribution is 2.70. The molecule has 0 aromatic heterocycles. The fourth-order valence-electron chi connectivity index (χ4n) is 6.63. The Labute approximate surface area is 162 Å². The summed E-state index contributed by atoms with van der Waals surface area (Å²) in [5.41, 5.74) is 1.40. The maximum absolute atomic E-state index is 12.7. The Kier molecular flexibility index (Phi) is 3.97. The highest BCUT2D eigenvalue weighted by atomic mass is 16.6. The van der Waals surface area contributed by atoms with Gasteiger partial charge in [-0.05, 0) is 37.7 Å². The van der Waals surface area contributed by atoms with Gasteiger partial charge in [0.25, 0.3) is 0 Å². The Morgan fingerprint density at radius 3 is 2.85 bits per heavy atom. The fraction of sp³-hybridized carbons (Fsp3) is 0.696. The van der Waals surface area contributed by atoms with E-state index in [-0.39, 0.29) is 47.1 Å². The number of nitrogens with one attached hydrogen (secondary N) is 1. The number of ether oxygens (including phenoxy) is 2. The second kappa shape index (κ2) is 6.05. The lowest BCUT2D eigenvalue weighted by Gasteiger charge is -2.48. The average molecular weight is 370 g/mol. The number of rotatable bonds is 4. The molecule has 2 saturated heterocycles. The Hall–Kier alpha value is -1.39. The van der Waals surface area contributed by atoms with E-state index < -0.39 is 0 Å². The van der Waals surface area contributed by atoms with E-state index in [4.69, 9.17) is 9.47 Å². The Balaban J connectivity index is 1.34. The van der Waals surface area contributed by atoms with Gasteiger partial charge < -0.3 is 14.8 Å². The quantitative estimate of drug-likeness (QED) is 0.647. The summed E-state index contributed by atoms with van der Waals surface area (Å²) in [4.78, 5) is 12.7. The first-order valence-electron chi connectivity index (χ1n) is 10.6. The molecular formula is C23H31NO3. The van der Waals surface area contributed by atoms with Crippen molar-refractivity contribution in [2.24, 2.45) is 23.2 Å². The molecule has 8 atom stereocenters. The molecule has 0 amide bonds. The average Bonchev–Trinajstić information content (AvgIpc) is 3.34. The lowest BCUT2D eigenvalue weighted by atomic mass is 9.53. The lowest BCUT2D eigenvalue weighted by molar-refractivity contribution is -0.146. The number of esters is 1. The van der Waals surface area contributed by atoms with Crippen LogP contribution < -0.4 is 5.32 Å². The molecule has 0 bridgehead atoms. The third-order valence-electron chi connectivity index (χ3n) is 8.14. The standard InChI is InChI=1S/C23H31NO3/c1-14-8-7-11-22(3)12-18-19(20-23(14,22)27-20)17(21(25)26-18)13-24-15(2)16-9-5-4-6-10-16/h4-6,9-10,14-15,17-20,24H,7-8,11-13H2,1-3H3/t14-,15-,17+,18+,19+,20-,22+,23+/m0/s1. The van der Waals surface area contributed by atoms with Crippen molar-refractivity contribution in [1.29, 1.82) is 0 Å². The zero-order valence-electron chi connectivity index (χ0n) is 16.6. The summed E-state index contributed by atoms with van der Waals surface area (Å²) in [6.07, 6.45) is 4.90. The molecule has 2 heterocycles. The summed E-state index contributed by atoms with van der Waals surface area (Å²) >= 11 is 0. The highest BCUT2D eigenvalue weighted by molar-refractivity contribution is 5.76. The van der Waals surface area contributed by atoms with Crippen molar-refractivity contribution in [2.45, 2.75) is 70.3 Å². The Morgan fingerprint density at radius 1 is 1.30 bits per heavy atom. The van der Waals surface area contributed by atoms with Crippen LogP contribution in [0.2, 0.25) is 0 Å². The molecule has 2 aliphatic carbocycles. The zero-order valence-corrected chi connectivity index (χ0v) is 16.6. The fourth-order valence-corrected chi connectivity index (χ4v) is 6.63. The first kappa shape index (κ1) is 17.7. The van der Waals surface area contributed by atoms with E-state index in [1.54, 1.807) is 0 Å². The predicted octanol–water partition coefficient (Wildman–Crippen LogP) is 3.86. The number of epoxide rings is 1. The number of benzene rings is 1. The molecule has 1 spiro atoms. The van der Waals surface area contributed by atoms with Crippen LogP contribution in [0.25, 0.3) is 0 Å². The first-order valence-corrected chi connectivity index (χ1v) is 10.6. The van der Waals surface area contributed by atoms with Gasteiger partial charge in [0.2, 0.25) is 0 Å². The molecular weight excluding hydrogens is 338 g/mol. The summed E-state index contributed by atoms with van der Waals surface area (Å²) in [5.74, 6) is 0.666. The van der Waals surface area contributed by atoms with Gasteiger partial charge in [-0.3, -0.25) is 4.79 Å². The van der Waals surface area contributed by atoms with Gasteiger partial charge in [0, 0.05) is 23.9 Å². The molecule has 1 N–H and O–H groups in total. The number of hydrogen-bond donors (Lipinski definition) is 1. The van der Waals surface area contributed by atoms with Gasteiger partial charge in [0.05, 0.1) is 12.0 Å². The molecule has 4 heteroatoms. The molecule has 4 aliphatic rings. The largest absolute Gasteiger partial charge is 0.462 e. The van der Waals surface area contributed by atoms with Crippen molar-refractivity contribution >= 4 is 5.97 Å². The van der Waals surface area contributed by atoms with Crippen molar-refractivity contribution < 1.29 is 14.3 Å². The van der Waals surface area contributed by atoms with Gasteiger partial charge in [-0.1, -0.05) is 50.6 Å². The van der Waals surface area contributed by atoms with Crippen LogP contribution in [0.4, 0.5) is 0 Å². The minimum Gasteiger partial charge on any atom is -0.462 e. The van der Waals surface area contributed by atoms with Gasteiger partial charge in [-0.2, -0.15) is 0 Å². The lowest BCUT2D eigenvalue weighted by Crippen LogP contribution is -2.54. The SMILES string of the molecule is C[C@H](NC[C@H]1C(=O)O[C@@H]2C[C@@]3(C)CCC[C@H](C)[C@]34O[C@H]4[C@@H]21)c1ccccc1. The highest BCUT2D eigenvalue weighted by Gasteiger charge is 2.78. The molecule has 27 heavy (non-hydrogen) atoms. The van der Waals surface area contributed by atoms with Crippen LogP contribution in [-0.2, 0) is 14.3 Å². The van der Waals surface area contributed by atoms with Crippen molar-refractivity contribution in [2.75, 3.05) is 6.54 Å². The second-order valence-corrected chi connectivity index (χ2v) is 9.59. The van der Waals surface area contributed by atoms with E-state index in [0.29, 0.717) is 12.5 Å². The Morgan fingerprint density at radius 2 is 2.07 bits per heavy atom. The molecule has 2 saturated carbocycles. The molecule has 146 valence electrons. The zero-order chi connectivity index (χ0) is 18.8. The second-order valence-electron chi connectivity index (χ2n) is 9.59. The molecule has 5 rings (SSSR count). The number of carbonyl (C=O) groups excluding carboxylic acids is 1. The van der Waals surface area contributed by atoms with Crippen LogP contribution in [-0.4, -0.2) is 30.3 Å². The maximum Gasteiger partial charge on any atom is 0.311 e. The predicted molar refractivity (Wildman–Crippen MR) is 103 cm³/mol. The first-order chi connectivity index (χ1) is 13.0. The molecule has 1 aromatic rings. The summed E-state index contributed by atoms with van der Waals surface area (Å²) in [6, 6.07) is 10.6. The van der Waals surface area contributed by atoms with Crippen LogP contribution in [0.1, 0.15) is 58.1 Å². The van der Waals surface area contributed by atoms with Gasteiger partial charge >= 0.3 is 5.97 Å². The minimum absolute atomic E-state index is 0.0102. The monoisotopic (exact) mass is 369 g/mol. The van der Waals surface area contributed by atoms with E-state index in [1.807, 2.05) is 6.07 Å². The van der Waals surface area contributed by atoms with Crippen molar-refractivity contribution in [3.8, 4) is 0 Å². The summed E-state index contributed by atoms with van der Waals surface area (Å²) in [7, 11) is 0. The topological polar surface area (TPSA) is 50.9 Å². The van der Waals surface area contributed by atoms with Crippen molar-refractivity contribution in [3.63, 3.8) is 0 Å². The van der Waals surface area contributed by atoms with Gasteiger partial charge in [-0.15, -0.1) is 0 Å². The van der Waals surface area contributed by atoms with Crippen LogP contribution in [0.15, 0.2) is 30.3 Å². The summed E-state index contributed by atoms with van der Waals surface area (Å²) in [6.45, 7) is 7.54. The molecule has 4 nitrogen and oxygen atoms in total. The third kappa shape index (κ3) is 2.45. The number of carbonyl (C=O) groups is 1. The molecule has 2 aliphatic heterocycles. The van der Waals surface area contributed by atoms with Crippen molar-refractivity contribution in [3.05, 3.63) is 35.9 Å². The molecule has 0 radical (unpaired) electrons. The molecule has 4 fully saturated rings. The van der Waals surface area contributed by atoms with Crippen LogP contribution in [0.3, 0.4) is 0 Å². The van der Waals surface area contributed by atoms with E-state index in [9.17, 15) is 4.79 Å². The third-order valence-corrected chi connectivity index (χ3v) is 8.14. The van der Waals surface area contributed by atoms with Crippen LogP contribution in [0, 0.1) is 23.2 Å². The van der Waals surface area contributed by atoms with Crippen LogP contribution in [0.5, 0.6) is 0 Å². The van der Waals surface area contributed by atoms with E-state index in [1.165, 1.54) is 24.8 Å². The van der Waals surface area contributed by atoms with E-state index >= 15 is 0 Å². The summed E-state index contributed by atoms with van der Waals surface area (Å²) in [5, 5.41) is 3.58. The maximum atomic E-state index is 12.7. The minimum atomic E-state index is -0.0933. The Bertz CT molecular complexity index is 736. The van der Waals surface area contributed by atoms with E-state index in [0.717, 1.165) is 6.42 Å². The normalized spacial score (nSPS) is 46.0. The van der Waals surface area contributed by atoms with Gasteiger partial charge in [0.15, 0.2) is 0 Å². The van der Waals surface area contributed by atoms with Gasteiger partial charge in [-0.25, -0.2) is 0 Å². The number of fused-ring (bicyclic) bond motifs is 2. The van der Waals surface area contributed by atoms with Crippen molar-refractivity contribution in [1.82, 2.24) is 5.32 Å². The molecule has 1 aromatic carbocycles. The number of hydrogen-bond acceptors (Lipinski definition) is 4. The summed E-state index contributed by atoms with van der Waals surface area (Å²) < 4.78 is 12.4. The molecule has 0 unspecified atom stereocenters.